The maximum atomic E-state index is 13.2. The molecular weight excluding hydrogens is 533 g/mol. The first kappa shape index (κ1) is 28.4. The highest BCUT2D eigenvalue weighted by Crippen LogP contribution is 2.31. The summed E-state index contributed by atoms with van der Waals surface area (Å²) in [4.78, 5) is 28.7. The first-order valence-electron chi connectivity index (χ1n) is 12.4. The van der Waals surface area contributed by atoms with Crippen LogP contribution >= 0.6 is 11.6 Å². The van der Waals surface area contributed by atoms with Crippen molar-refractivity contribution in [2.24, 2.45) is 7.05 Å². The lowest BCUT2D eigenvalue weighted by Gasteiger charge is -2.34. The van der Waals surface area contributed by atoms with Gasteiger partial charge in [-0.15, -0.1) is 0 Å². The molecule has 0 saturated carbocycles. The minimum Gasteiger partial charge on any atom is -0.494 e. The Morgan fingerprint density at radius 3 is 2.41 bits per heavy atom. The van der Waals surface area contributed by atoms with Gasteiger partial charge in [-0.05, 0) is 54.5 Å². The summed E-state index contributed by atoms with van der Waals surface area (Å²) in [5, 5.41) is 3.99. The third-order valence-corrected chi connectivity index (χ3v) is 6.68. The Bertz CT molecular complexity index is 1330. The van der Waals surface area contributed by atoms with Crippen LogP contribution in [0.1, 0.15) is 38.4 Å². The van der Waals surface area contributed by atoms with Crippen molar-refractivity contribution in [2.75, 3.05) is 39.3 Å². The fourth-order valence-corrected chi connectivity index (χ4v) is 4.46. The second-order valence-electron chi connectivity index (χ2n) is 9.14. The van der Waals surface area contributed by atoms with Crippen LogP contribution in [0.3, 0.4) is 0 Å². The molecule has 1 fully saturated rings. The molecule has 3 aromatic rings. The topological polar surface area (TPSA) is 67.7 Å². The van der Waals surface area contributed by atoms with Crippen molar-refractivity contribution in [3.05, 3.63) is 88.2 Å². The number of hydrogen-bond acceptors (Lipinski definition) is 5. The van der Waals surface area contributed by atoms with E-state index in [0.717, 1.165) is 29.4 Å². The number of carbonyl (C=O) groups is 2. The second-order valence-corrected chi connectivity index (χ2v) is 9.55. The first-order valence-corrected chi connectivity index (χ1v) is 12.8. The number of hydrogen-bond donors (Lipinski definition) is 0. The van der Waals surface area contributed by atoms with Gasteiger partial charge in [0.25, 0.3) is 5.91 Å². The summed E-state index contributed by atoms with van der Waals surface area (Å²) in [7, 11) is 1.36. The highest BCUT2D eigenvalue weighted by atomic mass is 35.5. The third-order valence-electron chi connectivity index (χ3n) is 6.33. The number of rotatable bonds is 9. The van der Waals surface area contributed by atoms with Gasteiger partial charge in [0.2, 0.25) is 0 Å². The van der Waals surface area contributed by atoms with E-state index in [1.54, 1.807) is 36.4 Å². The molecule has 7 nitrogen and oxygen atoms in total. The van der Waals surface area contributed by atoms with Crippen LogP contribution in [0.15, 0.2) is 60.8 Å². The summed E-state index contributed by atoms with van der Waals surface area (Å²) in [6.07, 6.45) is 0.336. The van der Waals surface area contributed by atoms with Crippen LogP contribution in [0.25, 0.3) is 6.08 Å². The number of ether oxygens (including phenoxy) is 1. The molecule has 0 atom stereocenters. The molecular formula is C28H28ClF3N4O3. The SMILES string of the molecule is Cn1cc(C(=O)N2CCN(CCCOc3ccc(C(=O)/C=C/c4ccccc4Cl)cc3)CC2)c(C(F)(F)F)n1. The van der Waals surface area contributed by atoms with Gasteiger partial charge in [-0.25, -0.2) is 0 Å². The number of benzene rings is 2. The smallest absolute Gasteiger partial charge is 0.435 e. The summed E-state index contributed by atoms with van der Waals surface area (Å²) in [6, 6.07) is 14.2. The Labute approximate surface area is 229 Å². The van der Waals surface area contributed by atoms with Gasteiger partial charge >= 0.3 is 6.18 Å². The molecule has 2 heterocycles. The fourth-order valence-electron chi connectivity index (χ4n) is 4.26. The van der Waals surface area contributed by atoms with Gasteiger partial charge in [0.05, 0.1) is 12.2 Å². The van der Waals surface area contributed by atoms with Gasteiger partial charge in [-0.1, -0.05) is 29.8 Å². The molecule has 0 radical (unpaired) electrons. The normalized spacial score (nSPS) is 14.6. The number of allylic oxidation sites excluding steroid dienone is 1. The molecule has 0 aliphatic carbocycles. The van der Waals surface area contributed by atoms with E-state index in [9.17, 15) is 22.8 Å². The minimum atomic E-state index is -4.68. The molecule has 2 aromatic carbocycles. The zero-order valence-corrected chi connectivity index (χ0v) is 22.1. The zero-order chi connectivity index (χ0) is 28.0. The monoisotopic (exact) mass is 560 g/mol. The predicted molar refractivity (Wildman–Crippen MR) is 142 cm³/mol. The van der Waals surface area contributed by atoms with Crippen molar-refractivity contribution in [1.82, 2.24) is 19.6 Å². The van der Waals surface area contributed by atoms with Crippen molar-refractivity contribution in [2.45, 2.75) is 12.6 Å². The van der Waals surface area contributed by atoms with Crippen LogP contribution in [0.2, 0.25) is 5.02 Å². The lowest BCUT2D eigenvalue weighted by atomic mass is 10.1. The molecule has 0 bridgehead atoms. The van der Waals surface area contributed by atoms with Crippen molar-refractivity contribution < 1.29 is 27.5 Å². The Morgan fingerprint density at radius 1 is 1.05 bits per heavy atom. The van der Waals surface area contributed by atoms with E-state index in [1.807, 2.05) is 18.2 Å². The average molecular weight is 561 g/mol. The van der Waals surface area contributed by atoms with Crippen LogP contribution in [0.4, 0.5) is 13.2 Å². The highest BCUT2D eigenvalue weighted by Gasteiger charge is 2.40. The number of halogens is 4. The number of carbonyl (C=O) groups excluding carboxylic acids is 2. The zero-order valence-electron chi connectivity index (χ0n) is 21.3. The quantitative estimate of drug-likeness (QED) is 0.204. The van der Waals surface area contributed by atoms with Gasteiger partial charge in [0.15, 0.2) is 11.5 Å². The number of nitrogens with zero attached hydrogens (tertiary/aromatic N) is 4. The lowest BCUT2D eigenvalue weighted by Crippen LogP contribution is -2.49. The third kappa shape index (κ3) is 7.48. The van der Waals surface area contributed by atoms with Crippen molar-refractivity contribution >= 4 is 29.4 Å². The molecule has 1 aliphatic rings. The molecule has 1 aliphatic heterocycles. The molecule has 39 heavy (non-hydrogen) atoms. The maximum absolute atomic E-state index is 13.2. The number of ketones is 1. The number of amides is 1. The molecule has 0 spiro atoms. The Morgan fingerprint density at radius 2 is 1.74 bits per heavy atom. The number of alkyl halides is 3. The van der Waals surface area contributed by atoms with E-state index < -0.39 is 23.3 Å². The Kier molecular flexibility index (Phi) is 9.08. The van der Waals surface area contributed by atoms with E-state index >= 15 is 0 Å². The van der Waals surface area contributed by atoms with Crippen LogP contribution in [-0.4, -0.2) is 70.6 Å². The number of piperazine rings is 1. The summed E-state index contributed by atoms with van der Waals surface area (Å²) < 4.78 is 46.4. The summed E-state index contributed by atoms with van der Waals surface area (Å²) in [5.74, 6) is -0.147. The van der Waals surface area contributed by atoms with Crippen LogP contribution < -0.4 is 4.74 Å². The number of aryl methyl sites for hydroxylation is 1. The highest BCUT2D eigenvalue weighted by molar-refractivity contribution is 6.32. The second kappa shape index (κ2) is 12.5. The van der Waals surface area contributed by atoms with E-state index in [-0.39, 0.29) is 5.78 Å². The molecule has 11 heteroatoms. The average Bonchev–Trinajstić information content (AvgIpc) is 3.33. The molecule has 0 unspecified atom stereocenters. The standard InChI is InChI=1S/C28H28ClF3N4O3/c1-34-19-23(26(33-34)28(30,31)32)27(38)36-16-14-35(15-17-36)13-4-18-39-22-10-7-21(8-11-22)25(37)12-9-20-5-2-3-6-24(20)29/h2-3,5-12,19H,4,13-18H2,1H3/b12-9+. The van der Waals surface area contributed by atoms with Gasteiger partial charge < -0.3 is 9.64 Å². The Hall–Kier alpha value is -3.63. The molecule has 1 amide bonds. The van der Waals surface area contributed by atoms with Crippen molar-refractivity contribution in [3.8, 4) is 5.75 Å². The molecule has 206 valence electrons. The van der Waals surface area contributed by atoms with E-state index in [2.05, 4.69) is 10.00 Å². The van der Waals surface area contributed by atoms with E-state index in [0.29, 0.717) is 49.1 Å². The minimum absolute atomic E-state index is 0.141. The van der Waals surface area contributed by atoms with E-state index in [4.69, 9.17) is 16.3 Å². The van der Waals surface area contributed by atoms with Gasteiger partial charge in [0.1, 0.15) is 5.75 Å². The van der Waals surface area contributed by atoms with Crippen LogP contribution in [0, 0.1) is 0 Å². The van der Waals surface area contributed by atoms with Gasteiger partial charge in [-0.3, -0.25) is 19.2 Å². The lowest BCUT2D eigenvalue weighted by molar-refractivity contribution is -0.141. The van der Waals surface area contributed by atoms with Crippen molar-refractivity contribution in [1.29, 1.82) is 0 Å². The predicted octanol–water partition coefficient (Wildman–Crippen LogP) is 5.22. The van der Waals surface area contributed by atoms with Gasteiger partial charge in [0, 0.05) is 56.6 Å². The summed E-state index contributed by atoms with van der Waals surface area (Å²) in [5.41, 5.74) is -0.270. The number of aromatic nitrogens is 2. The summed E-state index contributed by atoms with van der Waals surface area (Å²) >= 11 is 6.11. The maximum Gasteiger partial charge on any atom is 0.435 e. The summed E-state index contributed by atoms with van der Waals surface area (Å²) in [6.45, 7) is 2.99. The fraction of sp³-hybridized carbons (Fsp3) is 0.321. The van der Waals surface area contributed by atoms with Crippen LogP contribution in [0.5, 0.6) is 5.75 Å². The van der Waals surface area contributed by atoms with Crippen molar-refractivity contribution in [3.63, 3.8) is 0 Å². The van der Waals surface area contributed by atoms with E-state index in [1.165, 1.54) is 18.0 Å². The largest absolute Gasteiger partial charge is 0.494 e. The Balaban J connectivity index is 1.18. The molecule has 4 rings (SSSR count). The first-order chi connectivity index (χ1) is 18.6. The van der Waals surface area contributed by atoms with Gasteiger partial charge in [-0.2, -0.15) is 18.3 Å². The molecule has 1 aromatic heterocycles. The van der Waals surface area contributed by atoms with Crippen LogP contribution in [-0.2, 0) is 13.2 Å². The molecule has 1 saturated heterocycles. The molecule has 0 N–H and O–H groups in total.